The van der Waals surface area contributed by atoms with E-state index in [1.54, 1.807) is 17.8 Å². The Kier molecular flexibility index (Phi) is 3.95. The molecule has 1 aliphatic heterocycles. The van der Waals surface area contributed by atoms with E-state index in [1.807, 2.05) is 23.9 Å². The quantitative estimate of drug-likeness (QED) is 0.703. The fourth-order valence-corrected chi connectivity index (χ4v) is 4.11. The first-order valence-electron chi connectivity index (χ1n) is 5.23. The zero-order chi connectivity index (χ0) is 12.5. The zero-order valence-corrected chi connectivity index (χ0v) is 12.0. The normalized spacial score (nSPS) is 18.1. The van der Waals surface area contributed by atoms with E-state index in [-0.39, 0.29) is 0 Å². The Balaban J connectivity index is 2.22. The number of halogens is 1. The van der Waals surface area contributed by atoms with E-state index in [4.69, 9.17) is 16.3 Å². The fourth-order valence-electron chi connectivity index (χ4n) is 1.46. The molecule has 2 rings (SSSR count). The van der Waals surface area contributed by atoms with Crippen LogP contribution in [0.3, 0.4) is 0 Å². The third-order valence-electron chi connectivity index (χ3n) is 2.35. The molecule has 17 heavy (non-hydrogen) atoms. The highest BCUT2D eigenvalue weighted by Gasteiger charge is 2.23. The van der Waals surface area contributed by atoms with Crippen molar-refractivity contribution in [2.75, 3.05) is 11.5 Å². The Bertz CT molecular complexity index is 446. The van der Waals surface area contributed by atoms with Crippen LogP contribution in [0.15, 0.2) is 28.0 Å². The molecule has 0 atom stereocenters. The smallest absolute Gasteiger partial charge is 0.409 e. The second kappa shape index (κ2) is 5.12. The molecule has 1 aromatic carbocycles. The Hall–Kier alpha value is -0.320. The third-order valence-corrected chi connectivity index (χ3v) is 5.72. The molecule has 0 saturated carbocycles. The van der Waals surface area contributed by atoms with Crippen LogP contribution in [0, 0.1) is 5.41 Å². The van der Waals surface area contributed by atoms with Crippen molar-refractivity contribution >= 4 is 40.6 Å². The average molecular weight is 289 g/mol. The highest BCUT2D eigenvalue weighted by molar-refractivity contribution is 8.03. The molecule has 0 spiro atoms. The van der Waals surface area contributed by atoms with Crippen LogP contribution in [-0.4, -0.2) is 16.9 Å². The highest BCUT2D eigenvalue weighted by atomic mass is 35.5. The van der Waals surface area contributed by atoms with Crippen molar-refractivity contribution in [3.63, 3.8) is 0 Å². The van der Waals surface area contributed by atoms with Gasteiger partial charge < -0.3 is 4.74 Å². The van der Waals surface area contributed by atoms with Gasteiger partial charge in [-0.15, -0.1) is 23.5 Å². The van der Waals surface area contributed by atoms with Crippen LogP contribution in [0.2, 0.25) is 0 Å². The molecular formula is C12H13ClO2S2. The number of ether oxygens (including phenoxy) is 1. The molecular weight excluding hydrogens is 276 g/mol. The first-order chi connectivity index (χ1) is 7.96. The van der Waals surface area contributed by atoms with Crippen molar-refractivity contribution in [1.29, 1.82) is 0 Å². The molecule has 0 N–H and O–H groups in total. The fraction of sp³-hybridized carbons (Fsp3) is 0.417. The largest absolute Gasteiger partial charge is 0.414 e. The summed E-state index contributed by atoms with van der Waals surface area (Å²) < 4.78 is 4.88. The summed E-state index contributed by atoms with van der Waals surface area (Å²) in [5.41, 5.74) is -0.478. The maximum Gasteiger partial charge on any atom is 0.409 e. The lowest BCUT2D eigenvalue weighted by Gasteiger charge is -2.19. The van der Waals surface area contributed by atoms with E-state index in [9.17, 15) is 4.79 Å². The SMILES string of the molecule is CC1(C)CSc2ccc(OC(=O)Cl)cc2SC1. The number of rotatable bonds is 1. The van der Waals surface area contributed by atoms with E-state index >= 15 is 0 Å². The Morgan fingerprint density at radius 1 is 1.29 bits per heavy atom. The van der Waals surface area contributed by atoms with Crippen molar-refractivity contribution in [1.82, 2.24) is 0 Å². The van der Waals surface area contributed by atoms with Gasteiger partial charge in [-0.2, -0.15) is 0 Å². The second-order valence-corrected chi connectivity index (χ2v) is 7.03. The minimum Gasteiger partial charge on any atom is -0.414 e. The number of carbonyl (C=O) groups is 1. The lowest BCUT2D eigenvalue weighted by atomic mass is 10.0. The first-order valence-corrected chi connectivity index (χ1v) is 7.58. The predicted octanol–water partition coefficient (Wildman–Crippen LogP) is 4.65. The molecule has 0 radical (unpaired) electrons. The molecule has 1 aliphatic rings. The van der Waals surface area contributed by atoms with Crippen molar-refractivity contribution < 1.29 is 9.53 Å². The average Bonchev–Trinajstić information content (AvgIpc) is 2.38. The number of hydrogen-bond donors (Lipinski definition) is 0. The first kappa shape index (κ1) is 13.1. The van der Waals surface area contributed by atoms with Gasteiger partial charge in [-0.25, -0.2) is 4.79 Å². The van der Waals surface area contributed by atoms with Gasteiger partial charge in [0.15, 0.2) is 0 Å². The molecule has 0 bridgehead atoms. The lowest BCUT2D eigenvalue weighted by molar-refractivity contribution is 0.225. The highest BCUT2D eigenvalue weighted by Crippen LogP contribution is 2.43. The van der Waals surface area contributed by atoms with Crippen LogP contribution in [0.4, 0.5) is 4.79 Å². The monoisotopic (exact) mass is 288 g/mol. The summed E-state index contributed by atoms with van der Waals surface area (Å²) in [6.07, 6.45) is 0. The summed E-state index contributed by atoms with van der Waals surface area (Å²) in [4.78, 5) is 13.1. The molecule has 0 saturated heterocycles. The molecule has 0 amide bonds. The number of hydrogen-bond acceptors (Lipinski definition) is 4. The van der Waals surface area contributed by atoms with E-state index in [0.717, 1.165) is 16.4 Å². The van der Waals surface area contributed by atoms with Gasteiger partial charge in [-0.1, -0.05) is 13.8 Å². The number of fused-ring (bicyclic) bond motifs is 1. The molecule has 1 aromatic rings. The van der Waals surface area contributed by atoms with Crippen LogP contribution in [0.5, 0.6) is 5.75 Å². The number of benzene rings is 1. The number of thioether (sulfide) groups is 2. The van der Waals surface area contributed by atoms with Crippen molar-refractivity contribution in [3.8, 4) is 5.75 Å². The summed E-state index contributed by atoms with van der Waals surface area (Å²) in [5, 5.41) is 0. The summed E-state index contributed by atoms with van der Waals surface area (Å²) in [7, 11) is 0. The summed E-state index contributed by atoms with van der Waals surface area (Å²) >= 11 is 8.85. The summed E-state index contributed by atoms with van der Waals surface area (Å²) in [6, 6.07) is 5.66. The standard InChI is InChI=1S/C12H13ClO2S2/c1-12(2)6-16-9-4-3-8(15-11(13)14)5-10(9)17-7-12/h3-5H,6-7H2,1-2H3. The van der Waals surface area contributed by atoms with Gasteiger partial charge in [0.05, 0.1) is 0 Å². The van der Waals surface area contributed by atoms with Crippen molar-refractivity contribution in [2.24, 2.45) is 5.41 Å². The Labute approximate surface area is 114 Å². The molecule has 2 nitrogen and oxygen atoms in total. The summed E-state index contributed by atoms with van der Waals surface area (Å²) in [5.74, 6) is 2.67. The van der Waals surface area contributed by atoms with Gasteiger partial charge in [-0.05, 0) is 23.6 Å². The van der Waals surface area contributed by atoms with Gasteiger partial charge in [0.2, 0.25) is 0 Å². The van der Waals surface area contributed by atoms with Gasteiger partial charge in [-0.3, -0.25) is 0 Å². The van der Waals surface area contributed by atoms with Gasteiger partial charge >= 0.3 is 5.43 Å². The van der Waals surface area contributed by atoms with Gasteiger partial charge in [0, 0.05) is 32.9 Å². The molecule has 0 unspecified atom stereocenters. The van der Waals surface area contributed by atoms with Crippen LogP contribution < -0.4 is 4.74 Å². The van der Waals surface area contributed by atoms with Crippen LogP contribution in [-0.2, 0) is 0 Å². The Morgan fingerprint density at radius 2 is 1.94 bits per heavy atom. The molecule has 0 fully saturated rings. The van der Waals surface area contributed by atoms with Crippen LogP contribution in [0.1, 0.15) is 13.8 Å². The molecule has 0 aromatic heterocycles. The van der Waals surface area contributed by atoms with Gasteiger partial charge in [0.25, 0.3) is 0 Å². The van der Waals surface area contributed by atoms with Crippen LogP contribution >= 0.6 is 35.1 Å². The lowest BCUT2D eigenvalue weighted by Crippen LogP contribution is -2.16. The summed E-state index contributed by atoms with van der Waals surface area (Å²) in [6.45, 7) is 4.52. The third kappa shape index (κ3) is 3.57. The van der Waals surface area contributed by atoms with E-state index in [0.29, 0.717) is 11.2 Å². The van der Waals surface area contributed by atoms with Crippen LogP contribution in [0.25, 0.3) is 0 Å². The minimum atomic E-state index is -0.795. The van der Waals surface area contributed by atoms with E-state index in [1.165, 1.54) is 4.90 Å². The molecule has 5 heteroatoms. The molecule has 1 heterocycles. The predicted molar refractivity (Wildman–Crippen MR) is 73.5 cm³/mol. The van der Waals surface area contributed by atoms with Gasteiger partial charge in [0.1, 0.15) is 5.75 Å². The van der Waals surface area contributed by atoms with Crippen molar-refractivity contribution in [2.45, 2.75) is 23.6 Å². The molecule has 92 valence electrons. The van der Waals surface area contributed by atoms with Crippen molar-refractivity contribution in [3.05, 3.63) is 18.2 Å². The molecule has 0 aliphatic carbocycles. The maximum atomic E-state index is 10.7. The second-order valence-electron chi connectivity index (χ2n) is 4.69. The van der Waals surface area contributed by atoms with E-state index < -0.39 is 5.43 Å². The Morgan fingerprint density at radius 3 is 2.59 bits per heavy atom. The zero-order valence-electron chi connectivity index (χ0n) is 9.66. The van der Waals surface area contributed by atoms with E-state index in [2.05, 4.69) is 13.8 Å². The topological polar surface area (TPSA) is 26.3 Å². The number of carbonyl (C=O) groups excluding carboxylic acids is 1. The minimum absolute atomic E-state index is 0.317. The maximum absolute atomic E-state index is 10.7.